The van der Waals surface area contributed by atoms with Gasteiger partial charge in [-0.25, -0.2) is 0 Å². The predicted molar refractivity (Wildman–Crippen MR) is 106 cm³/mol. The average molecular weight is 368 g/mol. The Morgan fingerprint density at radius 3 is 2.15 bits per heavy atom. The van der Waals surface area contributed by atoms with E-state index >= 15 is 0 Å². The molecular formula is C21H20O4S. The van der Waals surface area contributed by atoms with E-state index in [1.54, 1.807) is 36.0 Å². The number of phenols is 1. The second-order valence-electron chi connectivity index (χ2n) is 5.48. The molecule has 0 bridgehead atoms. The first kappa shape index (κ1) is 19.5. The van der Waals surface area contributed by atoms with Crippen LogP contribution in [-0.4, -0.2) is 30.0 Å². The summed E-state index contributed by atoms with van der Waals surface area (Å²) in [6.45, 7) is 0. The molecule has 0 unspecified atom stereocenters. The fourth-order valence-corrected chi connectivity index (χ4v) is 2.59. The Morgan fingerprint density at radius 1 is 1.00 bits per heavy atom. The van der Waals surface area contributed by atoms with Gasteiger partial charge in [0.15, 0.2) is 23.1 Å². The highest BCUT2D eigenvalue weighted by atomic mass is 32.2. The zero-order valence-corrected chi connectivity index (χ0v) is 15.5. The van der Waals surface area contributed by atoms with E-state index in [9.17, 15) is 14.7 Å². The maximum absolute atomic E-state index is 11.9. The molecule has 2 aromatic carbocycles. The van der Waals surface area contributed by atoms with Crippen LogP contribution in [0, 0.1) is 0 Å². The fraction of sp³-hybridized carbons (Fsp3) is 0.143. The maximum Gasteiger partial charge on any atom is 0.163 e. The molecule has 0 aliphatic carbocycles. The number of carbonyl (C=O) groups excluding carboxylic acids is 2. The number of allylic oxidation sites excluding steroid dienone is 2. The first-order valence-electron chi connectivity index (χ1n) is 7.94. The lowest BCUT2D eigenvalue weighted by molar-refractivity contribution is -0.121. The molecule has 0 aliphatic rings. The molecule has 0 radical (unpaired) electrons. The number of benzene rings is 2. The van der Waals surface area contributed by atoms with E-state index < -0.39 is 0 Å². The third-order valence-electron chi connectivity index (χ3n) is 3.59. The van der Waals surface area contributed by atoms with Gasteiger partial charge < -0.3 is 9.84 Å². The summed E-state index contributed by atoms with van der Waals surface area (Å²) in [6, 6.07) is 12.6. The fourth-order valence-electron chi connectivity index (χ4n) is 2.18. The Kier molecular flexibility index (Phi) is 7.24. The topological polar surface area (TPSA) is 63.6 Å². The van der Waals surface area contributed by atoms with Gasteiger partial charge >= 0.3 is 0 Å². The lowest BCUT2D eigenvalue weighted by atomic mass is 10.1. The maximum atomic E-state index is 11.9. The standard InChI is InChI=1S/C21H20O4S/c1-25-21-13-16(7-12-20(21)24)4-9-18(23)14-17(22)8-3-15-5-10-19(26-2)11-6-15/h3-13,24H,14H2,1-2H3/b8-3+,9-4+. The van der Waals surface area contributed by atoms with Crippen LogP contribution in [0.25, 0.3) is 12.2 Å². The number of hydrogen-bond acceptors (Lipinski definition) is 5. The van der Waals surface area contributed by atoms with Gasteiger partial charge in [0.2, 0.25) is 0 Å². The zero-order chi connectivity index (χ0) is 18.9. The minimum absolute atomic E-state index is 0.0295. The molecule has 2 aromatic rings. The predicted octanol–water partition coefficient (Wildman–Crippen LogP) is 4.38. The Balaban J connectivity index is 1.91. The summed E-state index contributed by atoms with van der Waals surface area (Å²) >= 11 is 1.65. The van der Waals surface area contributed by atoms with E-state index in [0.717, 1.165) is 10.5 Å². The monoisotopic (exact) mass is 368 g/mol. The molecule has 0 spiro atoms. The number of phenolic OH excluding ortho intramolecular Hbond substituents is 1. The van der Waals surface area contributed by atoms with Crippen LogP contribution in [0.15, 0.2) is 59.5 Å². The smallest absolute Gasteiger partial charge is 0.163 e. The summed E-state index contributed by atoms with van der Waals surface area (Å²) < 4.78 is 5.01. The Labute approximate surface area is 157 Å². The minimum Gasteiger partial charge on any atom is -0.504 e. The van der Waals surface area contributed by atoms with Crippen LogP contribution in [0.4, 0.5) is 0 Å². The molecule has 0 aliphatic heterocycles. The van der Waals surface area contributed by atoms with Gasteiger partial charge in [-0.1, -0.05) is 30.4 Å². The lowest BCUT2D eigenvalue weighted by Gasteiger charge is -2.03. The molecule has 2 rings (SSSR count). The van der Waals surface area contributed by atoms with Crippen molar-refractivity contribution in [1.82, 2.24) is 0 Å². The molecular weight excluding hydrogens is 348 g/mol. The number of ketones is 2. The van der Waals surface area contributed by atoms with Crippen LogP contribution in [0.1, 0.15) is 17.5 Å². The van der Waals surface area contributed by atoms with E-state index in [1.165, 1.54) is 25.3 Å². The molecule has 0 fully saturated rings. The van der Waals surface area contributed by atoms with Crippen molar-refractivity contribution >= 4 is 35.5 Å². The molecule has 1 N–H and O–H groups in total. The lowest BCUT2D eigenvalue weighted by Crippen LogP contribution is -2.01. The first-order valence-corrected chi connectivity index (χ1v) is 9.17. The van der Waals surface area contributed by atoms with Crippen molar-refractivity contribution in [2.75, 3.05) is 13.4 Å². The van der Waals surface area contributed by atoms with Crippen molar-refractivity contribution in [3.63, 3.8) is 0 Å². The van der Waals surface area contributed by atoms with Gasteiger partial charge in [-0.3, -0.25) is 9.59 Å². The van der Waals surface area contributed by atoms with Crippen LogP contribution in [0.5, 0.6) is 11.5 Å². The number of carbonyl (C=O) groups is 2. The van der Waals surface area contributed by atoms with Crippen LogP contribution < -0.4 is 4.74 Å². The van der Waals surface area contributed by atoms with E-state index in [1.807, 2.05) is 30.5 Å². The normalized spacial score (nSPS) is 11.2. The number of aromatic hydroxyl groups is 1. The zero-order valence-electron chi connectivity index (χ0n) is 14.6. The first-order chi connectivity index (χ1) is 12.5. The summed E-state index contributed by atoms with van der Waals surface area (Å²) in [5.74, 6) is -0.186. The molecule has 26 heavy (non-hydrogen) atoms. The summed E-state index contributed by atoms with van der Waals surface area (Å²) in [5.41, 5.74) is 1.61. The van der Waals surface area contributed by atoms with Gasteiger partial charge in [0, 0.05) is 4.90 Å². The van der Waals surface area contributed by atoms with Crippen molar-refractivity contribution in [1.29, 1.82) is 0 Å². The Bertz CT molecular complexity index is 836. The van der Waals surface area contributed by atoms with E-state index in [4.69, 9.17) is 4.74 Å². The third-order valence-corrected chi connectivity index (χ3v) is 4.33. The molecule has 0 amide bonds. The van der Waals surface area contributed by atoms with E-state index in [0.29, 0.717) is 11.3 Å². The highest BCUT2D eigenvalue weighted by molar-refractivity contribution is 7.98. The highest BCUT2D eigenvalue weighted by Crippen LogP contribution is 2.26. The van der Waals surface area contributed by atoms with Crippen molar-refractivity contribution in [2.45, 2.75) is 11.3 Å². The summed E-state index contributed by atoms with van der Waals surface area (Å²) in [4.78, 5) is 25.0. The molecule has 5 heteroatoms. The van der Waals surface area contributed by atoms with Crippen molar-refractivity contribution in [3.05, 3.63) is 65.7 Å². The second kappa shape index (κ2) is 9.63. The van der Waals surface area contributed by atoms with Crippen LogP contribution in [-0.2, 0) is 9.59 Å². The molecule has 0 heterocycles. The average Bonchev–Trinajstić information content (AvgIpc) is 2.66. The third kappa shape index (κ3) is 5.93. The minimum atomic E-state index is -0.288. The molecule has 0 saturated carbocycles. The number of thioether (sulfide) groups is 1. The van der Waals surface area contributed by atoms with Crippen molar-refractivity contribution in [3.8, 4) is 11.5 Å². The number of hydrogen-bond donors (Lipinski definition) is 1. The largest absolute Gasteiger partial charge is 0.504 e. The number of rotatable bonds is 8. The number of ether oxygens (including phenoxy) is 1. The highest BCUT2D eigenvalue weighted by Gasteiger charge is 2.05. The van der Waals surface area contributed by atoms with Gasteiger partial charge in [0.05, 0.1) is 13.5 Å². The van der Waals surface area contributed by atoms with Crippen LogP contribution >= 0.6 is 11.8 Å². The molecule has 0 aromatic heterocycles. The quantitative estimate of drug-likeness (QED) is 0.426. The van der Waals surface area contributed by atoms with Gasteiger partial charge in [-0.05, 0) is 53.8 Å². The molecule has 0 saturated heterocycles. The molecule has 0 atom stereocenters. The van der Waals surface area contributed by atoms with E-state index in [-0.39, 0.29) is 23.7 Å². The number of methoxy groups -OCH3 is 1. The Hall–Kier alpha value is -2.79. The van der Waals surface area contributed by atoms with Gasteiger partial charge in [0.25, 0.3) is 0 Å². The molecule has 4 nitrogen and oxygen atoms in total. The SMILES string of the molecule is COc1cc(/C=C/C(=O)CC(=O)/C=C/c2ccc(SC)cc2)ccc1O. The van der Waals surface area contributed by atoms with E-state index in [2.05, 4.69) is 0 Å². The summed E-state index contributed by atoms with van der Waals surface area (Å²) in [7, 11) is 1.45. The van der Waals surface area contributed by atoms with Gasteiger partial charge in [0.1, 0.15) is 0 Å². The van der Waals surface area contributed by atoms with Gasteiger partial charge in [-0.2, -0.15) is 0 Å². The Morgan fingerprint density at radius 2 is 1.58 bits per heavy atom. The van der Waals surface area contributed by atoms with Crippen molar-refractivity contribution < 1.29 is 19.4 Å². The van der Waals surface area contributed by atoms with Crippen LogP contribution in [0.3, 0.4) is 0 Å². The summed E-state index contributed by atoms with van der Waals surface area (Å²) in [5, 5.41) is 9.54. The summed E-state index contributed by atoms with van der Waals surface area (Å²) in [6.07, 6.45) is 7.87. The van der Waals surface area contributed by atoms with Crippen molar-refractivity contribution in [2.24, 2.45) is 0 Å². The molecule has 134 valence electrons. The van der Waals surface area contributed by atoms with Gasteiger partial charge in [-0.15, -0.1) is 11.8 Å². The van der Waals surface area contributed by atoms with Crippen LogP contribution in [0.2, 0.25) is 0 Å². The second-order valence-corrected chi connectivity index (χ2v) is 6.36.